The van der Waals surface area contributed by atoms with Crippen molar-refractivity contribution in [1.29, 1.82) is 0 Å². The standard InChI is InChI=1S/C16H22N2O4/c1-12(19)17-6-5-13-8-18(10-16(13,9-17)11-21-2)15(20)14-4-3-7-22-14/h3-4,7,13H,5-6,8-11H2,1-2H3/t13-,16+/m1/s1. The van der Waals surface area contributed by atoms with Crippen LogP contribution < -0.4 is 0 Å². The quantitative estimate of drug-likeness (QED) is 0.843. The fraction of sp³-hybridized carbons (Fsp3) is 0.625. The number of carbonyl (C=O) groups is 2. The second kappa shape index (κ2) is 5.76. The maximum atomic E-state index is 12.5. The van der Waals surface area contributed by atoms with Gasteiger partial charge in [0.25, 0.3) is 5.91 Å². The van der Waals surface area contributed by atoms with E-state index in [-0.39, 0.29) is 17.2 Å². The molecule has 6 nitrogen and oxygen atoms in total. The molecule has 0 saturated carbocycles. The number of fused-ring (bicyclic) bond motifs is 1. The van der Waals surface area contributed by atoms with Gasteiger partial charge in [-0.05, 0) is 24.5 Å². The molecule has 6 heteroatoms. The van der Waals surface area contributed by atoms with Gasteiger partial charge >= 0.3 is 0 Å². The molecule has 0 spiro atoms. The van der Waals surface area contributed by atoms with Gasteiger partial charge in [0.1, 0.15) is 0 Å². The Balaban J connectivity index is 1.80. The maximum Gasteiger partial charge on any atom is 0.289 e. The van der Waals surface area contributed by atoms with Crippen molar-refractivity contribution in [3.63, 3.8) is 0 Å². The molecule has 2 aliphatic heterocycles. The Kier molecular flexibility index (Phi) is 3.95. The fourth-order valence-electron chi connectivity index (χ4n) is 3.86. The molecule has 1 aromatic heterocycles. The molecule has 0 aromatic carbocycles. The minimum Gasteiger partial charge on any atom is -0.459 e. The lowest BCUT2D eigenvalue weighted by Gasteiger charge is -2.43. The number of likely N-dealkylation sites (tertiary alicyclic amines) is 2. The van der Waals surface area contributed by atoms with E-state index in [4.69, 9.17) is 9.15 Å². The second-order valence-corrected chi connectivity index (χ2v) is 6.38. The van der Waals surface area contributed by atoms with Crippen LogP contribution in [0.5, 0.6) is 0 Å². The van der Waals surface area contributed by atoms with E-state index in [1.165, 1.54) is 6.26 Å². The first-order chi connectivity index (χ1) is 10.6. The number of methoxy groups -OCH3 is 1. The number of carbonyl (C=O) groups excluding carboxylic acids is 2. The van der Waals surface area contributed by atoms with E-state index in [9.17, 15) is 9.59 Å². The number of hydrogen-bond acceptors (Lipinski definition) is 4. The van der Waals surface area contributed by atoms with Crippen molar-refractivity contribution in [1.82, 2.24) is 9.80 Å². The SMILES string of the molecule is COC[C@@]12CN(C(C)=O)CC[C@@H]1CN(C(=O)c1ccco1)C2. The second-order valence-electron chi connectivity index (χ2n) is 6.38. The third-order valence-corrected chi connectivity index (χ3v) is 4.96. The number of rotatable bonds is 3. The third-order valence-electron chi connectivity index (χ3n) is 4.96. The first kappa shape index (κ1) is 15.1. The molecule has 120 valence electrons. The molecule has 2 aliphatic rings. The molecule has 0 radical (unpaired) electrons. The smallest absolute Gasteiger partial charge is 0.289 e. The monoisotopic (exact) mass is 306 g/mol. The van der Waals surface area contributed by atoms with E-state index in [0.717, 1.165) is 13.0 Å². The van der Waals surface area contributed by atoms with Gasteiger partial charge in [-0.15, -0.1) is 0 Å². The molecule has 3 heterocycles. The van der Waals surface area contributed by atoms with Crippen LogP contribution in [0.4, 0.5) is 0 Å². The summed E-state index contributed by atoms with van der Waals surface area (Å²) in [7, 11) is 1.68. The lowest BCUT2D eigenvalue weighted by Crippen LogP contribution is -2.52. The fourth-order valence-corrected chi connectivity index (χ4v) is 3.86. The summed E-state index contributed by atoms with van der Waals surface area (Å²) in [4.78, 5) is 28.0. The highest BCUT2D eigenvalue weighted by Crippen LogP contribution is 2.42. The molecule has 2 fully saturated rings. The normalized spacial score (nSPS) is 27.8. The van der Waals surface area contributed by atoms with Crippen molar-refractivity contribution in [3.8, 4) is 0 Å². The summed E-state index contributed by atoms with van der Waals surface area (Å²) in [5, 5.41) is 0. The third kappa shape index (κ3) is 2.52. The zero-order valence-corrected chi connectivity index (χ0v) is 13.1. The van der Waals surface area contributed by atoms with E-state index in [1.807, 2.05) is 9.80 Å². The highest BCUT2D eigenvalue weighted by Gasteiger charge is 2.51. The van der Waals surface area contributed by atoms with Crippen LogP contribution in [0, 0.1) is 11.3 Å². The van der Waals surface area contributed by atoms with Crippen molar-refractivity contribution in [3.05, 3.63) is 24.2 Å². The van der Waals surface area contributed by atoms with Crippen molar-refractivity contribution in [2.75, 3.05) is 39.9 Å². The van der Waals surface area contributed by atoms with Crippen LogP contribution >= 0.6 is 0 Å². The van der Waals surface area contributed by atoms with E-state index < -0.39 is 0 Å². The summed E-state index contributed by atoms with van der Waals surface area (Å²) in [5.74, 6) is 0.741. The molecular formula is C16H22N2O4. The van der Waals surface area contributed by atoms with E-state index in [0.29, 0.717) is 37.9 Å². The zero-order valence-electron chi connectivity index (χ0n) is 13.1. The molecular weight excluding hydrogens is 284 g/mol. The summed E-state index contributed by atoms with van der Waals surface area (Å²) in [6, 6.07) is 3.41. The number of furan rings is 1. The summed E-state index contributed by atoms with van der Waals surface area (Å²) in [6.07, 6.45) is 2.42. The molecule has 22 heavy (non-hydrogen) atoms. The summed E-state index contributed by atoms with van der Waals surface area (Å²) in [5.41, 5.74) is -0.166. The van der Waals surface area contributed by atoms with Gasteiger partial charge in [0, 0.05) is 45.6 Å². The number of nitrogens with zero attached hydrogens (tertiary/aromatic N) is 2. The van der Waals surface area contributed by atoms with Gasteiger partial charge in [-0.2, -0.15) is 0 Å². The van der Waals surface area contributed by atoms with Crippen LogP contribution in [0.15, 0.2) is 22.8 Å². The van der Waals surface area contributed by atoms with Gasteiger partial charge in [0.05, 0.1) is 12.9 Å². The number of ether oxygens (including phenoxy) is 1. The Bertz CT molecular complexity index is 557. The Hall–Kier alpha value is -1.82. The van der Waals surface area contributed by atoms with Gasteiger partial charge in [0.2, 0.25) is 5.91 Å². The average molecular weight is 306 g/mol. The van der Waals surface area contributed by atoms with Gasteiger partial charge in [0.15, 0.2) is 5.76 Å². The van der Waals surface area contributed by atoms with Crippen LogP contribution in [0.1, 0.15) is 23.9 Å². The minimum atomic E-state index is -0.166. The van der Waals surface area contributed by atoms with Crippen molar-refractivity contribution in [2.45, 2.75) is 13.3 Å². The lowest BCUT2D eigenvalue weighted by molar-refractivity contribution is -0.134. The maximum absolute atomic E-state index is 12.5. The van der Waals surface area contributed by atoms with Gasteiger partial charge in [-0.1, -0.05) is 0 Å². The van der Waals surface area contributed by atoms with Gasteiger partial charge < -0.3 is 19.0 Å². The number of amides is 2. The highest BCUT2D eigenvalue weighted by atomic mass is 16.5. The Morgan fingerprint density at radius 3 is 2.82 bits per heavy atom. The van der Waals surface area contributed by atoms with Crippen LogP contribution in [-0.2, 0) is 9.53 Å². The molecule has 3 rings (SSSR count). The molecule has 1 aromatic rings. The van der Waals surface area contributed by atoms with Crippen LogP contribution in [-0.4, -0.2) is 61.5 Å². The summed E-state index contributed by atoms with van der Waals surface area (Å²) in [6.45, 7) is 4.88. The zero-order chi connectivity index (χ0) is 15.7. The van der Waals surface area contributed by atoms with Crippen molar-refractivity contribution < 1.29 is 18.7 Å². The number of piperidine rings is 1. The van der Waals surface area contributed by atoms with Gasteiger partial charge in [-0.25, -0.2) is 0 Å². The van der Waals surface area contributed by atoms with Gasteiger partial charge in [-0.3, -0.25) is 9.59 Å². The molecule has 0 aliphatic carbocycles. The molecule has 2 saturated heterocycles. The van der Waals surface area contributed by atoms with Crippen LogP contribution in [0.25, 0.3) is 0 Å². The predicted octanol–water partition coefficient (Wildman–Crippen LogP) is 1.24. The molecule has 0 N–H and O–H groups in total. The van der Waals surface area contributed by atoms with E-state index in [2.05, 4.69) is 0 Å². The van der Waals surface area contributed by atoms with E-state index in [1.54, 1.807) is 26.2 Å². The molecule has 0 unspecified atom stereocenters. The minimum absolute atomic E-state index is 0.0794. The lowest BCUT2D eigenvalue weighted by atomic mass is 9.74. The largest absolute Gasteiger partial charge is 0.459 e. The number of hydrogen-bond donors (Lipinski definition) is 0. The van der Waals surface area contributed by atoms with Crippen molar-refractivity contribution >= 4 is 11.8 Å². The van der Waals surface area contributed by atoms with Crippen LogP contribution in [0.3, 0.4) is 0 Å². The molecule has 2 amide bonds. The topological polar surface area (TPSA) is 63.0 Å². The summed E-state index contributed by atoms with van der Waals surface area (Å²) < 4.78 is 10.7. The Labute approximate surface area is 130 Å². The van der Waals surface area contributed by atoms with Crippen molar-refractivity contribution in [2.24, 2.45) is 11.3 Å². The Morgan fingerprint density at radius 1 is 1.41 bits per heavy atom. The Morgan fingerprint density at radius 2 is 2.18 bits per heavy atom. The first-order valence-electron chi connectivity index (χ1n) is 7.63. The summed E-state index contributed by atoms with van der Waals surface area (Å²) >= 11 is 0. The first-order valence-corrected chi connectivity index (χ1v) is 7.63. The van der Waals surface area contributed by atoms with E-state index >= 15 is 0 Å². The highest BCUT2D eigenvalue weighted by molar-refractivity contribution is 5.91. The molecule has 0 bridgehead atoms. The predicted molar refractivity (Wildman–Crippen MR) is 79.3 cm³/mol. The average Bonchev–Trinajstić information content (AvgIpc) is 3.13. The van der Waals surface area contributed by atoms with Crippen LogP contribution in [0.2, 0.25) is 0 Å². The molecule has 2 atom stereocenters.